The first kappa shape index (κ1) is 27.8. The fraction of sp³-hybridized carbons (Fsp3) is 0.500. The molecule has 2 aromatic rings. The first-order chi connectivity index (χ1) is 16.5. The topological polar surface area (TPSA) is 187 Å². The minimum absolute atomic E-state index is 0.0340. The number of aliphatic carboxylic acids is 1. The van der Waals surface area contributed by atoms with Crippen LogP contribution >= 0.6 is 0 Å². The molecule has 1 aromatic carbocycles. The van der Waals surface area contributed by atoms with Crippen LogP contribution in [0.2, 0.25) is 0 Å². The monoisotopic (exact) mass is 489 g/mol. The number of aliphatic hydroxyl groups excluding tert-OH is 1. The highest BCUT2D eigenvalue weighted by Crippen LogP contribution is 2.19. The van der Waals surface area contributed by atoms with Crippen LogP contribution in [-0.4, -0.2) is 69.7 Å². The highest BCUT2D eigenvalue weighted by Gasteiger charge is 2.32. The lowest BCUT2D eigenvalue weighted by molar-refractivity contribution is -0.142. The van der Waals surface area contributed by atoms with Gasteiger partial charge >= 0.3 is 5.97 Å². The molecule has 0 radical (unpaired) electrons. The van der Waals surface area contributed by atoms with Gasteiger partial charge in [-0.3, -0.25) is 14.4 Å². The number of aliphatic hydroxyl groups is 1. The van der Waals surface area contributed by atoms with Crippen molar-refractivity contribution in [3.05, 3.63) is 36.0 Å². The van der Waals surface area contributed by atoms with Gasteiger partial charge in [-0.05, 0) is 23.5 Å². The molecule has 0 spiro atoms. The minimum atomic E-state index is -1.32. The molecule has 0 aliphatic rings. The van der Waals surface area contributed by atoms with Crippen molar-refractivity contribution in [1.82, 2.24) is 20.9 Å². The van der Waals surface area contributed by atoms with Gasteiger partial charge in [-0.2, -0.15) is 0 Å². The molecule has 4 unspecified atom stereocenters. The van der Waals surface area contributed by atoms with Crippen LogP contribution in [0.5, 0.6) is 0 Å². The van der Waals surface area contributed by atoms with Crippen molar-refractivity contribution in [1.29, 1.82) is 0 Å². The summed E-state index contributed by atoms with van der Waals surface area (Å²) in [7, 11) is 0. The fourth-order valence-electron chi connectivity index (χ4n) is 3.54. The molecule has 0 aliphatic heterocycles. The quantitative estimate of drug-likeness (QED) is 0.216. The number of hydrogen-bond acceptors (Lipinski definition) is 6. The van der Waals surface area contributed by atoms with E-state index in [0.717, 1.165) is 16.5 Å². The summed E-state index contributed by atoms with van der Waals surface area (Å²) in [6, 6.07) is 2.88. The molecule has 0 fully saturated rings. The molecule has 0 bridgehead atoms. The van der Waals surface area contributed by atoms with Gasteiger partial charge < -0.3 is 36.9 Å². The number of nitrogens with one attached hydrogen (secondary N) is 4. The summed E-state index contributed by atoms with van der Waals surface area (Å²) < 4.78 is 0. The molecule has 0 aliphatic carbocycles. The molecular weight excluding hydrogens is 454 g/mol. The number of aromatic amines is 1. The average molecular weight is 490 g/mol. The van der Waals surface area contributed by atoms with E-state index in [9.17, 15) is 29.4 Å². The number of carbonyl (C=O) groups is 4. The number of para-hydroxylation sites is 1. The first-order valence-electron chi connectivity index (χ1n) is 11.5. The number of carboxylic acid groups (broad SMARTS) is 1. The summed E-state index contributed by atoms with van der Waals surface area (Å²) in [6.45, 7) is 6.15. The predicted molar refractivity (Wildman–Crippen MR) is 130 cm³/mol. The Morgan fingerprint density at radius 3 is 2.11 bits per heavy atom. The number of carboxylic acids is 1. The number of H-pyrrole nitrogens is 1. The second-order valence-corrected chi connectivity index (χ2v) is 9.21. The Morgan fingerprint density at radius 1 is 0.914 bits per heavy atom. The van der Waals surface area contributed by atoms with Crippen molar-refractivity contribution < 1.29 is 29.4 Å². The molecule has 0 saturated heterocycles. The van der Waals surface area contributed by atoms with Gasteiger partial charge in [-0.1, -0.05) is 45.9 Å². The Labute approximate surface area is 203 Å². The van der Waals surface area contributed by atoms with Crippen molar-refractivity contribution in [2.45, 2.75) is 58.3 Å². The number of benzene rings is 1. The number of aromatic nitrogens is 1. The number of nitrogens with two attached hydrogens (primary N) is 1. The predicted octanol–water partition coefficient (Wildman–Crippen LogP) is -0.119. The van der Waals surface area contributed by atoms with Crippen molar-refractivity contribution >= 4 is 34.6 Å². The summed E-state index contributed by atoms with van der Waals surface area (Å²) in [5.41, 5.74) is 7.36. The van der Waals surface area contributed by atoms with Gasteiger partial charge in [0.05, 0.1) is 12.6 Å². The van der Waals surface area contributed by atoms with E-state index >= 15 is 0 Å². The van der Waals surface area contributed by atoms with Gasteiger partial charge in [-0.15, -0.1) is 0 Å². The molecule has 1 heterocycles. The molecule has 8 N–H and O–H groups in total. The maximum atomic E-state index is 13.0. The van der Waals surface area contributed by atoms with Crippen molar-refractivity contribution in [2.24, 2.45) is 17.6 Å². The molecule has 11 heteroatoms. The number of hydrogen-bond donors (Lipinski definition) is 7. The fourth-order valence-corrected chi connectivity index (χ4v) is 3.54. The number of fused-ring (bicyclic) bond motifs is 1. The lowest BCUT2D eigenvalue weighted by Gasteiger charge is -2.26. The zero-order chi connectivity index (χ0) is 26.3. The lowest BCUT2D eigenvalue weighted by Crippen LogP contribution is -2.59. The van der Waals surface area contributed by atoms with Crippen molar-refractivity contribution in [3.63, 3.8) is 0 Å². The molecular formula is C24H35N5O6. The van der Waals surface area contributed by atoms with Crippen LogP contribution in [0.15, 0.2) is 30.5 Å². The third kappa shape index (κ3) is 7.27. The molecule has 11 nitrogen and oxygen atoms in total. The second-order valence-electron chi connectivity index (χ2n) is 9.21. The standard InChI is InChI=1S/C24H35N5O6/c1-12(2)19(25)22(32)28-18(11-30)21(31)29-20(13(3)4)23(33)27-17(24(34)35)9-14-10-26-16-8-6-5-7-15(14)16/h5-8,10,12-13,17-20,26,30H,9,11,25H2,1-4H3,(H,27,33)(H,28,32)(H,29,31)(H,34,35). The largest absolute Gasteiger partial charge is 0.480 e. The highest BCUT2D eigenvalue weighted by molar-refractivity contribution is 5.94. The van der Waals surface area contributed by atoms with Crippen LogP contribution in [0.1, 0.15) is 33.3 Å². The summed E-state index contributed by atoms with van der Waals surface area (Å²) in [5.74, 6) is -3.90. The van der Waals surface area contributed by atoms with Gasteiger partial charge in [0.15, 0.2) is 0 Å². The van der Waals surface area contributed by atoms with Crippen LogP contribution in [-0.2, 0) is 25.6 Å². The smallest absolute Gasteiger partial charge is 0.326 e. The first-order valence-corrected chi connectivity index (χ1v) is 11.5. The third-order valence-corrected chi connectivity index (χ3v) is 5.80. The van der Waals surface area contributed by atoms with E-state index < -0.39 is 60.4 Å². The average Bonchev–Trinajstić information content (AvgIpc) is 3.21. The Kier molecular flexibility index (Phi) is 9.78. The maximum Gasteiger partial charge on any atom is 0.326 e. The minimum Gasteiger partial charge on any atom is -0.480 e. The van der Waals surface area contributed by atoms with E-state index in [1.54, 1.807) is 33.9 Å². The van der Waals surface area contributed by atoms with E-state index in [-0.39, 0.29) is 12.3 Å². The normalized spacial score (nSPS) is 14.9. The van der Waals surface area contributed by atoms with E-state index in [1.807, 2.05) is 24.3 Å². The lowest BCUT2D eigenvalue weighted by atomic mass is 10.0. The molecule has 2 rings (SSSR count). The van der Waals surface area contributed by atoms with Gasteiger partial charge in [0, 0.05) is 23.5 Å². The summed E-state index contributed by atoms with van der Waals surface area (Å²) in [6.07, 6.45) is 1.73. The SMILES string of the molecule is CC(C)C(N)C(=O)NC(CO)C(=O)NC(C(=O)NC(Cc1c[nH]c2ccccc12)C(=O)O)C(C)C. The van der Waals surface area contributed by atoms with Gasteiger partial charge in [0.25, 0.3) is 0 Å². The van der Waals surface area contributed by atoms with Gasteiger partial charge in [0.2, 0.25) is 17.7 Å². The maximum absolute atomic E-state index is 13.0. The zero-order valence-corrected chi connectivity index (χ0v) is 20.4. The van der Waals surface area contributed by atoms with E-state index in [4.69, 9.17) is 5.73 Å². The second kappa shape index (κ2) is 12.3. The molecule has 192 valence electrons. The van der Waals surface area contributed by atoms with Crippen molar-refractivity contribution in [2.75, 3.05) is 6.61 Å². The van der Waals surface area contributed by atoms with Crippen LogP contribution in [0.4, 0.5) is 0 Å². The van der Waals surface area contributed by atoms with Crippen molar-refractivity contribution in [3.8, 4) is 0 Å². The van der Waals surface area contributed by atoms with Crippen LogP contribution in [0.3, 0.4) is 0 Å². The third-order valence-electron chi connectivity index (χ3n) is 5.80. The van der Waals surface area contributed by atoms with Crippen LogP contribution in [0, 0.1) is 11.8 Å². The Hall–Kier alpha value is -3.44. The van der Waals surface area contributed by atoms with Gasteiger partial charge in [-0.25, -0.2) is 4.79 Å². The number of amides is 3. The van der Waals surface area contributed by atoms with E-state index in [0.29, 0.717) is 0 Å². The van der Waals surface area contributed by atoms with E-state index in [2.05, 4.69) is 20.9 Å². The number of carbonyl (C=O) groups excluding carboxylic acids is 3. The van der Waals surface area contributed by atoms with Gasteiger partial charge in [0.1, 0.15) is 18.1 Å². The van der Waals surface area contributed by atoms with E-state index in [1.165, 1.54) is 0 Å². The molecule has 3 amide bonds. The number of rotatable bonds is 12. The summed E-state index contributed by atoms with van der Waals surface area (Å²) >= 11 is 0. The molecule has 0 saturated carbocycles. The Morgan fingerprint density at radius 2 is 1.54 bits per heavy atom. The molecule has 1 aromatic heterocycles. The Bertz CT molecular complexity index is 1050. The van der Waals surface area contributed by atoms with Crippen LogP contribution < -0.4 is 21.7 Å². The summed E-state index contributed by atoms with van der Waals surface area (Å²) in [4.78, 5) is 52.9. The molecule has 4 atom stereocenters. The highest BCUT2D eigenvalue weighted by atomic mass is 16.4. The van der Waals surface area contributed by atoms with Crippen LogP contribution in [0.25, 0.3) is 10.9 Å². The zero-order valence-electron chi connectivity index (χ0n) is 20.4. The molecule has 35 heavy (non-hydrogen) atoms. The summed E-state index contributed by atoms with van der Waals surface area (Å²) in [5, 5.41) is 27.6. The Balaban J connectivity index is 2.11.